The van der Waals surface area contributed by atoms with E-state index in [1.54, 1.807) is 0 Å². The number of halogens is 3. The number of ether oxygens (including phenoxy) is 1. The summed E-state index contributed by atoms with van der Waals surface area (Å²) in [5.41, 5.74) is 6.64. The van der Waals surface area contributed by atoms with Crippen molar-refractivity contribution in [1.29, 1.82) is 0 Å². The van der Waals surface area contributed by atoms with Crippen LogP contribution in [-0.2, 0) is 9.53 Å². The fraction of sp³-hybridized carbons (Fsp3) is 0.588. The third kappa shape index (κ3) is 5.63. The summed E-state index contributed by atoms with van der Waals surface area (Å²) in [5, 5.41) is 3.89. The van der Waals surface area contributed by atoms with Crippen LogP contribution in [0.4, 0.5) is 5.69 Å². The molecule has 0 radical (unpaired) electrons. The van der Waals surface area contributed by atoms with Gasteiger partial charge in [0.15, 0.2) is 0 Å². The molecule has 1 unspecified atom stereocenters. The molecule has 8 heteroatoms. The number of rotatable bonds is 4. The first kappa shape index (κ1) is 22.3. The zero-order chi connectivity index (χ0) is 16.2. The topological polar surface area (TPSA) is 67.6 Å². The number of carbonyl (C=O) groups is 1. The van der Waals surface area contributed by atoms with Crippen LogP contribution < -0.4 is 16.0 Å². The molecule has 2 aliphatic rings. The summed E-state index contributed by atoms with van der Waals surface area (Å²) >= 11 is 6.29. The molecule has 2 saturated heterocycles. The predicted molar refractivity (Wildman–Crippen MR) is 106 cm³/mol. The number of carbonyl (C=O) groups excluding carboxylic acids is 1. The van der Waals surface area contributed by atoms with Gasteiger partial charge in [0.05, 0.1) is 16.8 Å². The zero-order valence-electron chi connectivity index (χ0n) is 14.0. The average molecular weight is 411 g/mol. The van der Waals surface area contributed by atoms with Crippen molar-refractivity contribution in [2.75, 3.05) is 24.5 Å². The quantitative estimate of drug-likeness (QED) is 0.801. The summed E-state index contributed by atoms with van der Waals surface area (Å²) in [5.74, 6) is -0.00745. The molecule has 5 nitrogen and oxygen atoms in total. The molecular weight excluding hydrogens is 385 g/mol. The Balaban J connectivity index is 0.00000156. The molecule has 3 atom stereocenters. The Bertz CT molecular complexity index is 562. The lowest BCUT2D eigenvalue weighted by Gasteiger charge is -2.35. The monoisotopic (exact) mass is 409 g/mol. The van der Waals surface area contributed by atoms with Crippen LogP contribution in [0.25, 0.3) is 0 Å². The molecule has 2 heterocycles. The Morgan fingerprint density at radius 2 is 2.04 bits per heavy atom. The van der Waals surface area contributed by atoms with E-state index in [2.05, 4.69) is 10.2 Å². The highest BCUT2D eigenvalue weighted by molar-refractivity contribution is 6.33. The van der Waals surface area contributed by atoms with Crippen molar-refractivity contribution in [3.63, 3.8) is 0 Å². The fourth-order valence-electron chi connectivity index (χ4n) is 3.39. The first-order valence-corrected chi connectivity index (χ1v) is 8.70. The van der Waals surface area contributed by atoms with Gasteiger partial charge in [-0.05, 0) is 37.8 Å². The average Bonchev–Trinajstić information content (AvgIpc) is 3.05. The van der Waals surface area contributed by atoms with Gasteiger partial charge in [-0.1, -0.05) is 23.7 Å². The van der Waals surface area contributed by atoms with Gasteiger partial charge in [-0.25, -0.2) is 0 Å². The van der Waals surface area contributed by atoms with Gasteiger partial charge in [0.1, 0.15) is 6.10 Å². The molecule has 1 aromatic rings. The zero-order valence-corrected chi connectivity index (χ0v) is 16.4. The maximum absolute atomic E-state index is 12.4. The van der Waals surface area contributed by atoms with Crippen LogP contribution in [0.1, 0.15) is 25.7 Å². The van der Waals surface area contributed by atoms with Gasteiger partial charge in [0.2, 0.25) is 5.91 Å². The van der Waals surface area contributed by atoms with Gasteiger partial charge in [0.25, 0.3) is 0 Å². The summed E-state index contributed by atoms with van der Waals surface area (Å²) < 4.78 is 5.67. The van der Waals surface area contributed by atoms with E-state index in [1.807, 2.05) is 24.3 Å². The summed E-state index contributed by atoms with van der Waals surface area (Å²) in [7, 11) is 0. The van der Waals surface area contributed by atoms with Crippen LogP contribution in [0.15, 0.2) is 24.3 Å². The van der Waals surface area contributed by atoms with Crippen LogP contribution in [0.2, 0.25) is 5.02 Å². The molecule has 3 N–H and O–H groups in total. The lowest BCUT2D eigenvalue weighted by Crippen LogP contribution is -2.50. The van der Waals surface area contributed by atoms with E-state index in [9.17, 15) is 4.79 Å². The number of para-hydroxylation sites is 1. The van der Waals surface area contributed by atoms with Gasteiger partial charge < -0.3 is 20.7 Å². The predicted octanol–water partition coefficient (Wildman–Crippen LogP) is 2.77. The minimum atomic E-state index is -0.348. The molecule has 2 fully saturated rings. The molecule has 25 heavy (non-hydrogen) atoms. The van der Waals surface area contributed by atoms with E-state index < -0.39 is 0 Å². The molecule has 3 rings (SSSR count). The highest BCUT2D eigenvalue weighted by Crippen LogP contribution is 2.28. The third-order valence-corrected chi connectivity index (χ3v) is 4.94. The smallest absolute Gasteiger partial charge is 0.249 e. The fourth-order valence-corrected chi connectivity index (χ4v) is 3.64. The number of nitrogens with two attached hydrogens (primary N) is 1. The number of nitrogens with zero attached hydrogens (tertiary/aromatic N) is 1. The molecule has 0 spiro atoms. The van der Waals surface area contributed by atoms with Crippen molar-refractivity contribution in [2.45, 2.75) is 43.9 Å². The molecule has 1 aromatic carbocycles. The second kappa shape index (κ2) is 10.4. The van der Waals surface area contributed by atoms with Crippen molar-refractivity contribution >= 4 is 48.0 Å². The second-order valence-electron chi connectivity index (χ2n) is 6.30. The van der Waals surface area contributed by atoms with Crippen molar-refractivity contribution in [3.05, 3.63) is 29.3 Å². The standard InChI is InChI=1S/C17H24ClN3O2.2ClH/c18-14-5-1-2-6-15(14)21-9-3-4-12(11-21)20-17(22)16-8-7-13(10-19)23-16;;/h1-2,5-6,12-13,16H,3-4,7-11,19H2,(H,20,22);2*1H/t12?,13-,16+;;/m1../s1. The van der Waals surface area contributed by atoms with Gasteiger partial charge in [-0.3, -0.25) is 4.79 Å². The lowest BCUT2D eigenvalue weighted by molar-refractivity contribution is -0.132. The third-order valence-electron chi connectivity index (χ3n) is 4.62. The van der Waals surface area contributed by atoms with Crippen molar-refractivity contribution in [1.82, 2.24) is 5.32 Å². The highest BCUT2D eigenvalue weighted by atomic mass is 35.5. The van der Waals surface area contributed by atoms with E-state index in [-0.39, 0.29) is 49.0 Å². The minimum Gasteiger partial charge on any atom is -0.368 e. The van der Waals surface area contributed by atoms with Gasteiger partial charge in [0, 0.05) is 25.7 Å². The Labute approximate surface area is 166 Å². The van der Waals surface area contributed by atoms with Gasteiger partial charge >= 0.3 is 0 Å². The molecule has 2 aliphatic heterocycles. The number of piperidine rings is 1. The number of benzene rings is 1. The molecule has 0 saturated carbocycles. The molecule has 0 aliphatic carbocycles. The first-order valence-electron chi connectivity index (χ1n) is 8.32. The van der Waals surface area contributed by atoms with Crippen LogP contribution >= 0.6 is 36.4 Å². The Morgan fingerprint density at radius 3 is 2.72 bits per heavy atom. The lowest BCUT2D eigenvalue weighted by atomic mass is 10.0. The molecule has 0 bridgehead atoms. The summed E-state index contributed by atoms with van der Waals surface area (Å²) in [6, 6.07) is 7.98. The van der Waals surface area contributed by atoms with Crippen molar-refractivity contribution < 1.29 is 9.53 Å². The molecule has 0 aromatic heterocycles. The van der Waals surface area contributed by atoms with Crippen LogP contribution in [0.5, 0.6) is 0 Å². The maximum Gasteiger partial charge on any atom is 0.249 e. The molecular formula is C17H26Cl3N3O2. The Morgan fingerprint density at radius 1 is 1.28 bits per heavy atom. The van der Waals surface area contributed by atoms with Crippen LogP contribution in [-0.4, -0.2) is 43.8 Å². The van der Waals surface area contributed by atoms with E-state index in [0.29, 0.717) is 6.54 Å². The second-order valence-corrected chi connectivity index (χ2v) is 6.71. The van der Waals surface area contributed by atoms with Crippen molar-refractivity contribution in [2.24, 2.45) is 5.73 Å². The Kier molecular flexibility index (Phi) is 9.32. The van der Waals surface area contributed by atoms with Crippen LogP contribution in [0.3, 0.4) is 0 Å². The number of anilines is 1. The highest BCUT2D eigenvalue weighted by Gasteiger charge is 2.32. The van der Waals surface area contributed by atoms with Crippen molar-refractivity contribution in [3.8, 4) is 0 Å². The number of hydrogen-bond acceptors (Lipinski definition) is 4. The minimum absolute atomic E-state index is 0. The molecule has 1 amide bonds. The van der Waals surface area contributed by atoms with E-state index in [1.165, 1.54) is 0 Å². The van der Waals surface area contributed by atoms with E-state index >= 15 is 0 Å². The number of amides is 1. The largest absolute Gasteiger partial charge is 0.368 e. The van der Waals surface area contributed by atoms with E-state index in [4.69, 9.17) is 22.1 Å². The Hall–Kier alpha value is -0.720. The van der Waals surface area contributed by atoms with Crippen LogP contribution in [0, 0.1) is 0 Å². The molecule has 142 valence electrons. The SMILES string of the molecule is Cl.Cl.NC[C@H]1CC[C@@H](C(=O)NC2CCCN(c3ccccc3Cl)C2)O1. The summed E-state index contributed by atoms with van der Waals surface area (Å²) in [4.78, 5) is 14.6. The number of hydrogen-bond donors (Lipinski definition) is 2. The van der Waals surface area contributed by atoms with Gasteiger partial charge in [-0.2, -0.15) is 0 Å². The first-order chi connectivity index (χ1) is 11.2. The maximum atomic E-state index is 12.4. The number of nitrogens with one attached hydrogen (secondary N) is 1. The van der Waals surface area contributed by atoms with E-state index in [0.717, 1.165) is 49.5 Å². The van der Waals surface area contributed by atoms with Gasteiger partial charge in [-0.15, -0.1) is 24.8 Å². The normalized spacial score (nSPS) is 25.7. The summed E-state index contributed by atoms with van der Waals surface area (Å²) in [6.45, 7) is 2.22. The summed E-state index contributed by atoms with van der Waals surface area (Å²) in [6.07, 6.45) is 3.32.